The molecule has 98 valence electrons. The maximum atomic E-state index is 12.2. The van der Waals surface area contributed by atoms with Crippen LogP contribution in [-0.4, -0.2) is 44.4 Å². The first-order chi connectivity index (χ1) is 8.60. The molecule has 0 radical (unpaired) electrons. The highest BCUT2D eigenvalue weighted by Crippen LogP contribution is 2.42. The van der Waals surface area contributed by atoms with Gasteiger partial charge in [0.2, 0.25) is 5.91 Å². The van der Waals surface area contributed by atoms with Crippen molar-refractivity contribution < 1.29 is 4.79 Å². The summed E-state index contributed by atoms with van der Waals surface area (Å²) < 4.78 is 1.74. The molecule has 0 spiro atoms. The predicted molar refractivity (Wildman–Crippen MR) is 65.6 cm³/mol. The first-order valence-corrected chi connectivity index (χ1v) is 6.56. The molecule has 3 rings (SSSR count). The minimum absolute atomic E-state index is 0.101. The van der Waals surface area contributed by atoms with Crippen LogP contribution in [0.3, 0.4) is 0 Å². The second-order valence-electron chi connectivity index (χ2n) is 5.49. The molecule has 6 heteroatoms. The van der Waals surface area contributed by atoms with E-state index >= 15 is 0 Å². The molecule has 1 saturated heterocycles. The summed E-state index contributed by atoms with van der Waals surface area (Å²) in [5, 5.41) is 7.95. The fourth-order valence-corrected chi connectivity index (χ4v) is 2.92. The Balaban J connectivity index is 1.62. The minimum Gasteiger partial charge on any atom is -0.340 e. The number of nitrogens with zero attached hydrogens (tertiary/aromatic N) is 4. The molecule has 2 N–H and O–H groups in total. The molecule has 2 heterocycles. The van der Waals surface area contributed by atoms with Crippen LogP contribution in [-0.2, 0) is 17.8 Å². The molecule has 18 heavy (non-hydrogen) atoms. The van der Waals surface area contributed by atoms with Crippen molar-refractivity contribution in [1.29, 1.82) is 0 Å². The third-order valence-corrected chi connectivity index (χ3v) is 4.29. The molecule has 1 amide bonds. The van der Waals surface area contributed by atoms with Crippen LogP contribution in [0.2, 0.25) is 0 Å². The number of rotatable bonds is 3. The predicted octanol–water partition coefficient (Wildman–Crippen LogP) is -0.210. The number of hydrogen-bond donors (Lipinski definition) is 1. The number of hydrogen-bond acceptors (Lipinski definition) is 4. The molecule has 0 aromatic carbocycles. The number of aryl methyl sites for hydroxylation is 1. The SMILES string of the molecule is CCn1cc(CC(=O)N2C[C@@H]3CC[C@]3(N)C2)nn1. The number of amides is 1. The van der Waals surface area contributed by atoms with E-state index in [0.717, 1.165) is 31.6 Å². The molecule has 2 fully saturated rings. The van der Waals surface area contributed by atoms with Gasteiger partial charge in [-0.1, -0.05) is 5.21 Å². The number of likely N-dealkylation sites (tertiary alicyclic amines) is 1. The molecule has 1 aromatic rings. The Morgan fingerprint density at radius 1 is 1.67 bits per heavy atom. The van der Waals surface area contributed by atoms with Crippen LogP contribution in [0.5, 0.6) is 0 Å². The van der Waals surface area contributed by atoms with Crippen LogP contribution in [0.25, 0.3) is 0 Å². The van der Waals surface area contributed by atoms with Crippen LogP contribution in [0.15, 0.2) is 6.20 Å². The zero-order valence-electron chi connectivity index (χ0n) is 10.7. The third kappa shape index (κ3) is 1.80. The molecule has 1 aliphatic carbocycles. The summed E-state index contributed by atoms with van der Waals surface area (Å²) in [6, 6.07) is 0. The van der Waals surface area contributed by atoms with Crippen molar-refractivity contribution in [3.05, 3.63) is 11.9 Å². The van der Waals surface area contributed by atoms with E-state index in [1.54, 1.807) is 4.68 Å². The average molecular weight is 249 g/mol. The summed E-state index contributed by atoms with van der Waals surface area (Å²) in [7, 11) is 0. The Bertz CT molecular complexity index is 471. The van der Waals surface area contributed by atoms with Gasteiger partial charge in [-0.2, -0.15) is 0 Å². The first kappa shape index (κ1) is 11.6. The summed E-state index contributed by atoms with van der Waals surface area (Å²) in [6.07, 6.45) is 4.38. The Labute approximate surface area is 106 Å². The molecule has 6 nitrogen and oxygen atoms in total. The minimum atomic E-state index is -0.101. The van der Waals surface area contributed by atoms with Crippen molar-refractivity contribution in [2.45, 2.75) is 38.3 Å². The van der Waals surface area contributed by atoms with Gasteiger partial charge in [0.05, 0.1) is 12.1 Å². The molecule has 0 unspecified atom stereocenters. The van der Waals surface area contributed by atoms with Gasteiger partial charge >= 0.3 is 0 Å². The fraction of sp³-hybridized carbons (Fsp3) is 0.750. The van der Waals surface area contributed by atoms with Crippen LogP contribution in [0.4, 0.5) is 0 Å². The standard InChI is InChI=1S/C12H19N5O/c1-2-17-7-10(14-15-17)5-11(18)16-6-9-3-4-12(9,13)8-16/h7,9H,2-6,8,13H2,1H3/t9-,12-/m0/s1. The maximum absolute atomic E-state index is 12.2. The van der Waals surface area contributed by atoms with Gasteiger partial charge in [0.1, 0.15) is 0 Å². The van der Waals surface area contributed by atoms with Crippen molar-refractivity contribution in [3.63, 3.8) is 0 Å². The van der Waals surface area contributed by atoms with Crippen LogP contribution < -0.4 is 5.73 Å². The van der Waals surface area contributed by atoms with Crippen molar-refractivity contribution in [2.75, 3.05) is 13.1 Å². The van der Waals surface area contributed by atoms with E-state index in [0.29, 0.717) is 18.9 Å². The van der Waals surface area contributed by atoms with Gasteiger partial charge in [-0.25, -0.2) is 0 Å². The van der Waals surface area contributed by atoms with Crippen molar-refractivity contribution in [1.82, 2.24) is 19.9 Å². The van der Waals surface area contributed by atoms with Gasteiger partial charge in [-0.05, 0) is 25.7 Å². The van der Waals surface area contributed by atoms with Crippen LogP contribution >= 0.6 is 0 Å². The molecular formula is C12H19N5O. The maximum Gasteiger partial charge on any atom is 0.228 e. The van der Waals surface area contributed by atoms with Gasteiger partial charge in [-0.15, -0.1) is 5.10 Å². The Kier molecular flexibility index (Phi) is 2.62. The van der Waals surface area contributed by atoms with Gasteiger partial charge in [0.15, 0.2) is 0 Å². The topological polar surface area (TPSA) is 77.0 Å². The second kappa shape index (κ2) is 4.05. The number of carbonyl (C=O) groups excluding carboxylic acids is 1. The van der Waals surface area contributed by atoms with Gasteiger partial charge < -0.3 is 10.6 Å². The van der Waals surface area contributed by atoms with Crippen molar-refractivity contribution in [2.24, 2.45) is 11.7 Å². The van der Waals surface area contributed by atoms with Crippen molar-refractivity contribution >= 4 is 5.91 Å². The number of carbonyl (C=O) groups is 1. The monoisotopic (exact) mass is 249 g/mol. The van der Waals surface area contributed by atoms with Crippen LogP contribution in [0.1, 0.15) is 25.5 Å². The highest BCUT2D eigenvalue weighted by atomic mass is 16.2. The smallest absolute Gasteiger partial charge is 0.228 e. The molecular weight excluding hydrogens is 230 g/mol. The summed E-state index contributed by atoms with van der Waals surface area (Å²) in [5.74, 6) is 0.630. The summed E-state index contributed by atoms with van der Waals surface area (Å²) >= 11 is 0. The Hall–Kier alpha value is -1.43. The lowest BCUT2D eigenvalue weighted by molar-refractivity contribution is -0.129. The van der Waals surface area contributed by atoms with E-state index in [1.165, 1.54) is 0 Å². The zero-order chi connectivity index (χ0) is 12.8. The van der Waals surface area contributed by atoms with E-state index in [2.05, 4.69) is 10.3 Å². The Morgan fingerprint density at radius 3 is 3.00 bits per heavy atom. The molecule has 2 aliphatic rings. The lowest BCUT2D eigenvalue weighted by atomic mass is 9.70. The van der Waals surface area contributed by atoms with E-state index in [9.17, 15) is 4.79 Å². The van der Waals surface area contributed by atoms with E-state index in [1.807, 2.05) is 18.0 Å². The van der Waals surface area contributed by atoms with Gasteiger partial charge in [0.25, 0.3) is 0 Å². The largest absolute Gasteiger partial charge is 0.340 e. The van der Waals surface area contributed by atoms with E-state index < -0.39 is 0 Å². The zero-order valence-corrected chi connectivity index (χ0v) is 10.7. The van der Waals surface area contributed by atoms with Gasteiger partial charge in [-0.3, -0.25) is 9.48 Å². The lowest BCUT2D eigenvalue weighted by Crippen LogP contribution is -2.54. The Morgan fingerprint density at radius 2 is 2.50 bits per heavy atom. The first-order valence-electron chi connectivity index (χ1n) is 6.56. The van der Waals surface area contributed by atoms with Crippen LogP contribution in [0, 0.1) is 5.92 Å². The number of nitrogens with two attached hydrogens (primary N) is 1. The third-order valence-electron chi connectivity index (χ3n) is 4.29. The average Bonchev–Trinajstić information content (AvgIpc) is 2.87. The molecule has 1 saturated carbocycles. The highest BCUT2D eigenvalue weighted by molar-refractivity contribution is 5.78. The van der Waals surface area contributed by atoms with Crippen molar-refractivity contribution in [3.8, 4) is 0 Å². The van der Waals surface area contributed by atoms with E-state index in [4.69, 9.17) is 5.73 Å². The molecule has 1 aromatic heterocycles. The summed E-state index contributed by atoms with van der Waals surface area (Å²) in [6.45, 7) is 4.30. The van der Waals surface area contributed by atoms with E-state index in [-0.39, 0.29) is 11.4 Å². The molecule has 1 aliphatic heterocycles. The number of fused-ring (bicyclic) bond motifs is 1. The fourth-order valence-electron chi connectivity index (χ4n) is 2.92. The highest BCUT2D eigenvalue weighted by Gasteiger charge is 2.51. The normalized spacial score (nSPS) is 30.1. The molecule has 2 atom stereocenters. The second-order valence-corrected chi connectivity index (χ2v) is 5.49. The summed E-state index contributed by atoms with van der Waals surface area (Å²) in [4.78, 5) is 14.1. The van der Waals surface area contributed by atoms with Gasteiger partial charge in [0, 0.05) is 31.4 Å². The molecule has 0 bridgehead atoms. The quantitative estimate of drug-likeness (QED) is 0.804. The summed E-state index contributed by atoms with van der Waals surface area (Å²) in [5.41, 5.74) is 6.87. The number of aromatic nitrogens is 3. The lowest BCUT2D eigenvalue weighted by Gasteiger charge is -2.39.